The third-order valence-corrected chi connectivity index (χ3v) is 4.00. The molecular formula is C17H16ClF3N2S. The van der Waals surface area contributed by atoms with Crippen molar-refractivity contribution < 1.29 is 13.2 Å². The number of benzene rings is 2. The van der Waals surface area contributed by atoms with Gasteiger partial charge in [-0.1, -0.05) is 41.4 Å². The van der Waals surface area contributed by atoms with Gasteiger partial charge in [0.15, 0.2) is 5.11 Å². The van der Waals surface area contributed by atoms with E-state index in [0.29, 0.717) is 0 Å². The highest BCUT2D eigenvalue weighted by atomic mass is 35.5. The first kappa shape index (κ1) is 18.5. The van der Waals surface area contributed by atoms with Crippen molar-refractivity contribution in [3.8, 4) is 0 Å². The van der Waals surface area contributed by atoms with Crippen LogP contribution >= 0.6 is 23.8 Å². The smallest absolute Gasteiger partial charge is 0.356 e. The van der Waals surface area contributed by atoms with Gasteiger partial charge in [-0.3, -0.25) is 0 Å². The molecule has 0 aliphatic carbocycles. The highest BCUT2D eigenvalue weighted by molar-refractivity contribution is 7.80. The second-order valence-corrected chi connectivity index (χ2v) is 6.24. The number of halogens is 4. The van der Waals surface area contributed by atoms with Gasteiger partial charge in [-0.2, -0.15) is 13.2 Å². The van der Waals surface area contributed by atoms with Gasteiger partial charge in [0.25, 0.3) is 0 Å². The van der Waals surface area contributed by atoms with Crippen LogP contribution in [-0.2, 0) is 6.18 Å². The van der Waals surface area contributed by atoms with Crippen LogP contribution in [0.4, 0.5) is 18.9 Å². The largest absolute Gasteiger partial charge is 0.417 e. The fourth-order valence-electron chi connectivity index (χ4n) is 2.12. The van der Waals surface area contributed by atoms with Crippen molar-refractivity contribution in [1.82, 2.24) is 5.32 Å². The number of thiocarbonyl (C=S) groups is 1. The molecule has 1 unspecified atom stereocenters. The van der Waals surface area contributed by atoms with E-state index < -0.39 is 11.7 Å². The van der Waals surface area contributed by atoms with E-state index in [1.165, 1.54) is 12.1 Å². The van der Waals surface area contributed by atoms with Gasteiger partial charge in [-0.25, -0.2) is 0 Å². The van der Waals surface area contributed by atoms with Gasteiger partial charge in [0.1, 0.15) is 0 Å². The van der Waals surface area contributed by atoms with Gasteiger partial charge in [0.2, 0.25) is 0 Å². The summed E-state index contributed by atoms with van der Waals surface area (Å²) in [4.78, 5) is 0. The Labute approximate surface area is 149 Å². The van der Waals surface area contributed by atoms with Crippen molar-refractivity contribution in [3.05, 3.63) is 64.2 Å². The zero-order valence-corrected chi connectivity index (χ0v) is 14.6. The summed E-state index contributed by atoms with van der Waals surface area (Å²) in [6.45, 7) is 3.91. The Morgan fingerprint density at radius 2 is 1.75 bits per heavy atom. The van der Waals surface area contributed by atoms with Crippen molar-refractivity contribution in [2.24, 2.45) is 0 Å². The number of anilines is 1. The van der Waals surface area contributed by atoms with Gasteiger partial charge in [0.05, 0.1) is 16.6 Å². The minimum absolute atomic E-state index is 0.0833. The molecule has 0 saturated carbocycles. The monoisotopic (exact) mass is 372 g/mol. The van der Waals surface area contributed by atoms with Gasteiger partial charge in [-0.05, 0) is 49.8 Å². The molecule has 0 radical (unpaired) electrons. The van der Waals surface area contributed by atoms with E-state index in [-0.39, 0.29) is 21.9 Å². The van der Waals surface area contributed by atoms with Gasteiger partial charge in [-0.15, -0.1) is 0 Å². The Balaban J connectivity index is 2.06. The summed E-state index contributed by atoms with van der Waals surface area (Å²) in [6.07, 6.45) is -4.51. The standard InChI is InChI=1S/C17H16ClF3N2S/c1-10-3-5-12(6-4-10)11(2)22-16(24)23-13-7-8-15(18)14(9-13)17(19,20)21/h3-9,11H,1-2H3,(H2,22,23,24). The van der Waals surface area contributed by atoms with Crippen molar-refractivity contribution in [2.75, 3.05) is 5.32 Å². The minimum atomic E-state index is -4.51. The van der Waals surface area contributed by atoms with Gasteiger partial charge in [0, 0.05) is 5.69 Å². The molecule has 0 bridgehead atoms. The fraction of sp³-hybridized carbons (Fsp3) is 0.235. The van der Waals surface area contributed by atoms with Gasteiger partial charge >= 0.3 is 6.18 Å². The molecule has 2 nitrogen and oxygen atoms in total. The second-order valence-electron chi connectivity index (χ2n) is 5.42. The fourth-order valence-corrected chi connectivity index (χ4v) is 2.64. The second kappa shape index (κ2) is 7.40. The van der Waals surface area contributed by atoms with Crippen LogP contribution in [0.2, 0.25) is 5.02 Å². The van der Waals surface area contributed by atoms with Crippen LogP contribution in [0.3, 0.4) is 0 Å². The summed E-state index contributed by atoms with van der Waals surface area (Å²) >= 11 is 10.8. The molecule has 0 aromatic heterocycles. The Morgan fingerprint density at radius 3 is 2.33 bits per heavy atom. The minimum Gasteiger partial charge on any atom is -0.356 e. The third-order valence-electron chi connectivity index (χ3n) is 3.45. The molecule has 0 heterocycles. The lowest BCUT2D eigenvalue weighted by molar-refractivity contribution is -0.137. The summed E-state index contributed by atoms with van der Waals surface area (Å²) in [7, 11) is 0. The molecule has 0 aliphatic heterocycles. The number of rotatable bonds is 3. The third kappa shape index (κ3) is 4.85. The molecule has 2 rings (SSSR count). The van der Waals surface area contributed by atoms with Crippen LogP contribution in [-0.4, -0.2) is 5.11 Å². The molecule has 1 atom stereocenters. The average molecular weight is 373 g/mol. The normalized spacial score (nSPS) is 12.6. The molecule has 7 heteroatoms. The maximum absolute atomic E-state index is 12.9. The number of aryl methyl sites for hydroxylation is 1. The van der Waals surface area contributed by atoms with E-state index in [4.69, 9.17) is 23.8 Å². The first-order valence-corrected chi connectivity index (χ1v) is 7.96. The van der Waals surface area contributed by atoms with Crippen LogP contribution in [0.1, 0.15) is 29.7 Å². The van der Waals surface area contributed by atoms with Crippen LogP contribution in [0.25, 0.3) is 0 Å². The Kier molecular flexibility index (Phi) is 5.72. The SMILES string of the molecule is Cc1ccc(C(C)NC(=S)Nc2ccc(Cl)c(C(F)(F)F)c2)cc1. The Morgan fingerprint density at radius 1 is 1.12 bits per heavy atom. The average Bonchev–Trinajstić information content (AvgIpc) is 2.48. The lowest BCUT2D eigenvalue weighted by Gasteiger charge is -2.18. The first-order valence-electron chi connectivity index (χ1n) is 7.17. The Bertz CT molecular complexity index is 730. The maximum atomic E-state index is 12.9. The van der Waals surface area contributed by atoms with Crippen LogP contribution < -0.4 is 10.6 Å². The molecule has 0 saturated heterocycles. The number of hydrogen-bond donors (Lipinski definition) is 2. The van der Waals surface area contributed by atoms with Crippen molar-refractivity contribution in [2.45, 2.75) is 26.1 Å². The number of alkyl halides is 3. The topological polar surface area (TPSA) is 24.1 Å². The van der Waals surface area contributed by atoms with E-state index in [1.807, 2.05) is 38.1 Å². The number of hydrogen-bond acceptors (Lipinski definition) is 1. The molecule has 2 N–H and O–H groups in total. The highest BCUT2D eigenvalue weighted by Crippen LogP contribution is 2.36. The summed E-state index contributed by atoms with van der Waals surface area (Å²) in [5.41, 5.74) is 1.49. The lowest BCUT2D eigenvalue weighted by atomic mass is 10.1. The summed E-state index contributed by atoms with van der Waals surface area (Å²) in [5, 5.41) is 5.69. The van der Waals surface area contributed by atoms with Crippen molar-refractivity contribution in [1.29, 1.82) is 0 Å². The van der Waals surface area contributed by atoms with Crippen LogP contribution in [0.5, 0.6) is 0 Å². The summed E-state index contributed by atoms with van der Waals surface area (Å²) in [5.74, 6) is 0. The predicted molar refractivity (Wildman–Crippen MR) is 95.4 cm³/mol. The Hall–Kier alpha value is -1.79. The molecule has 0 spiro atoms. The first-order chi connectivity index (χ1) is 11.2. The summed E-state index contributed by atoms with van der Waals surface area (Å²) in [6, 6.07) is 11.4. The molecular weight excluding hydrogens is 357 g/mol. The molecule has 0 fully saturated rings. The van der Waals surface area contributed by atoms with E-state index in [0.717, 1.165) is 17.2 Å². The number of nitrogens with one attached hydrogen (secondary N) is 2. The lowest BCUT2D eigenvalue weighted by Crippen LogP contribution is -2.31. The molecule has 128 valence electrons. The molecule has 0 aliphatic rings. The highest BCUT2D eigenvalue weighted by Gasteiger charge is 2.33. The van der Waals surface area contributed by atoms with E-state index in [2.05, 4.69) is 10.6 Å². The molecule has 0 amide bonds. The molecule has 2 aromatic rings. The zero-order chi connectivity index (χ0) is 17.9. The summed E-state index contributed by atoms with van der Waals surface area (Å²) < 4.78 is 38.6. The predicted octanol–water partition coefficient (Wildman–Crippen LogP) is 5.71. The zero-order valence-electron chi connectivity index (χ0n) is 13.0. The van der Waals surface area contributed by atoms with Gasteiger partial charge < -0.3 is 10.6 Å². The molecule has 24 heavy (non-hydrogen) atoms. The van der Waals surface area contributed by atoms with Crippen LogP contribution in [0, 0.1) is 6.92 Å². The van der Waals surface area contributed by atoms with Crippen molar-refractivity contribution >= 4 is 34.6 Å². The van der Waals surface area contributed by atoms with E-state index in [1.54, 1.807) is 0 Å². The maximum Gasteiger partial charge on any atom is 0.417 e. The van der Waals surface area contributed by atoms with E-state index in [9.17, 15) is 13.2 Å². The quantitative estimate of drug-likeness (QED) is 0.674. The molecule has 2 aromatic carbocycles. The van der Waals surface area contributed by atoms with Crippen LogP contribution in [0.15, 0.2) is 42.5 Å². The van der Waals surface area contributed by atoms with Crippen molar-refractivity contribution in [3.63, 3.8) is 0 Å². The van der Waals surface area contributed by atoms with E-state index >= 15 is 0 Å².